The van der Waals surface area contributed by atoms with Crippen LogP contribution in [0.3, 0.4) is 0 Å². The third-order valence-corrected chi connectivity index (χ3v) is 7.79. The van der Waals surface area contributed by atoms with Crippen molar-refractivity contribution in [3.63, 3.8) is 0 Å². The van der Waals surface area contributed by atoms with Crippen molar-refractivity contribution in [2.75, 3.05) is 13.3 Å². The van der Waals surface area contributed by atoms with Gasteiger partial charge in [-0.05, 0) is 46.9 Å². The molecule has 1 atom stereocenters. The zero-order valence-corrected chi connectivity index (χ0v) is 29.7. The molecule has 4 aromatic carbocycles. The van der Waals surface area contributed by atoms with Crippen molar-refractivity contribution in [1.82, 2.24) is 14.7 Å². The fourth-order valence-corrected chi connectivity index (χ4v) is 5.43. The van der Waals surface area contributed by atoms with E-state index in [0.717, 1.165) is 21.8 Å². The summed E-state index contributed by atoms with van der Waals surface area (Å²) in [4.78, 5) is 55.4. The number of ether oxygens (including phenoxy) is 5. The number of carbonyl (C=O) groups excluding carboxylic acids is 3. The van der Waals surface area contributed by atoms with Gasteiger partial charge in [-0.15, -0.1) is 15.2 Å². The van der Waals surface area contributed by atoms with Crippen LogP contribution in [-0.4, -0.2) is 63.8 Å². The summed E-state index contributed by atoms with van der Waals surface area (Å²) in [5, 5.41) is 14.5. The number of imidazole rings is 1. The van der Waals surface area contributed by atoms with Crippen LogP contribution in [0.25, 0.3) is 22.2 Å². The van der Waals surface area contributed by atoms with Crippen LogP contribution in [0.1, 0.15) is 46.5 Å². The van der Waals surface area contributed by atoms with Gasteiger partial charge in [0.2, 0.25) is 6.29 Å². The van der Waals surface area contributed by atoms with Gasteiger partial charge in [0.25, 0.3) is 17.6 Å². The summed E-state index contributed by atoms with van der Waals surface area (Å²) in [7, 11) is 0. The van der Waals surface area contributed by atoms with Gasteiger partial charge in [-0.25, -0.2) is 15.4 Å². The Balaban J connectivity index is 1.26. The standard InChI is InChI=1S/C37H37N7O11/c1-3-50-36-40-32-13-7-12-31(35(46)55-24(2)53-23-45)33(32)42(36)19-25-14-16-28(17-15-25)29-10-4-5-11-30(29)34(38)41-43(39)22-52-37(47)51-20-26-8-6-9-27(18-26)21-54-44(48)49/h4-18,23-24H,3,19-22,39H2,1-2H3,(H2,38,41). The van der Waals surface area contributed by atoms with Crippen molar-refractivity contribution in [1.29, 1.82) is 0 Å². The van der Waals surface area contributed by atoms with E-state index in [-0.39, 0.29) is 37.6 Å². The largest absolute Gasteiger partial charge is 0.510 e. The summed E-state index contributed by atoms with van der Waals surface area (Å²) in [5.41, 5.74) is 11.6. The number of hydrazone groups is 1. The molecule has 0 spiro atoms. The Hall–Kier alpha value is -7.21. The smallest absolute Gasteiger partial charge is 0.465 e. The highest BCUT2D eigenvalue weighted by Gasteiger charge is 2.22. The van der Waals surface area contributed by atoms with Crippen LogP contribution < -0.4 is 16.3 Å². The average molecular weight is 756 g/mol. The number of amidine groups is 1. The number of hydrogen-bond acceptors (Lipinski definition) is 15. The molecular formula is C37H37N7O11. The number of esters is 1. The lowest BCUT2D eigenvalue weighted by molar-refractivity contribution is -0.763. The van der Waals surface area contributed by atoms with Crippen molar-refractivity contribution in [2.24, 2.45) is 16.7 Å². The highest BCUT2D eigenvalue weighted by atomic mass is 16.9. The van der Waals surface area contributed by atoms with Crippen molar-refractivity contribution >= 4 is 35.5 Å². The molecule has 0 saturated heterocycles. The minimum atomic E-state index is -1.09. The molecule has 0 aliphatic heterocycles. The van der Waals surface area contributed by atoms with Gasteiger partial charge in [0.05, 0.1) is 29.7 Å². The molecule has 18 heteroatoms. The topological polar surface area (TPSA) is 235 Å². The summed E-state index contributed by atoms with van der Waals surface area (Å²) >= 11 is 0. The molecule has 0 bridgehead atoms. The molecule has 0 saturated carbocycles. The molecule has 18 nitrogen and oxygen atoms in total. The zero-order valence-electron chi connectivity index (χ0n) is 29.7. The first-order valence-electron chi connectivity index (χ1n) is 16.7. The van der Waals surface area contributed by atoms with E-state index >= 15 is 0 Å². The minimum absolute atomic E-state index is 0.0476. The van der Waals surface area contributed by atoms with E-state index in [2.05, 4.69) is 14.9 Å². The number of nitrogens with two attached hydrogens (primary N) is 2. The van der Waals surface area contributed by atoms with Crippen molar-refractivity contribution in [3.05, 3.63) is 129 Å². The van der Waals surface area contributed by atoms with Crippen LogP contribution in [0, 0.1) is 10.1 Å². The molecule has 1 aromatic heterocycles. The number of nitrogens with zero attached hydrogens (tertiary/aromatic N) is 5. The van der Waals surface area contributed by atoms with Gasteiger partial charge >= 0.3 is 12.1 Å². The molecule has 0 aliphatic carbocycles. The maximum atomic E-state index is 13.1. The SMILES string of the molecule is CCOc1nc2cccc(C(=O)OC(C)OC=O)c2n1Cc1ccc(-c2ccccc2/C(N)=N/N(N)COC(=O)OCc2cccc(CO[N+](=O)[O-])c2)cc1. The van der Waals surface area contributed by atoms with E-state index in [4.69, 9.17) is 35.3 Å². The van der Waals surface area contributed by atoms with Crippen LogP contribution in [-0.2, 0) is 48.3 Å². The lowest BCUT2D eigenvalue weighted by Gasteiger charge is -2.16. The Morgan fingerprint density at radius 1 is 0.964 bits per heavy atom. The molecule has 0 fully saturated rings. The molecule has 5 rings (SSSR count). The van der Waals surface area contributed by atoms with E-state index < -0.39 is 30.2 Å². The zero-order chi connectivity index (χ0) is 39.3. The quantitative estimate of drug-likeness (QED) is 0.0181. The Morgan fingerprint density at radius 3 is 2.40 bits per heavy atom. The number of benzene rings is 4. The second kappa shape index (κ2) is 18.5. The predicted molar refractivity (Wildman–Crippen MR) is 195 cm³/mol. The first kappa shape index (κ1) is 39.0. The van der Waals surface area contributed by atoms with Gasteiger partial charge in [0.1, 0.15) is 13.2 Å². The minimum Gasteiger partial charge on any atom is -0.465 e. The molecule has 5 aromatic rings. The second-order valence-electron chi connectivity index (χ2n) is 11.6. The Bertz CT molecular complexity index is 2170. The molecule has 0 amide bonds. The number of hydrogen-bond donors (Lipinski definition) is 2. The predicted octanol–water partition coefficient (Wildman–Crippen LogP) is 4.64. The van der Waals surface area contributed by atoms with Crippen LogP contribution in [0.2, 0.25) is 0 Å². The van der Waals surface area contributed by atoms with Gasteiger partial charge in [-0.3, -0.25) is 9.36 Å². The fraction of sp³-hybridized carbons (Fsp3) is 0.216. The number of rotatable bonds is 18. The first-order valence-corrected chi connectivity index (χ1v) is 16.7. The normalized spacial score (nSPS) is 11.7. The van der Waals surface area contributed by atoms with E-state index in [1.54, 1.807) is 59.2 Å². The van der Waals surface area contributed by atoms with Crippen LogP contribution >= 0.6 is 0 Å². The summed E-state index contributed by atoms with van der Waals surface area (Å²) in [6.07, 6.45) is -2.11. The van der Waals surface area contributed by atoms with Crippen molar-refractivity contribution in [3.8, 4) is 17.1 Å². The van der Waals surface area contributed by atoms with Crippen LogP contribution in [0.5, 0.6) is 6.01 Å². The molecule has 0 aliphatic rings. The maximum Gasteiger partial charge on any atom is 0.510 e. The van der Waals surface area contributed by atoms with Crippen molar-refractivity contribution < 1.29 is 48.0 Å². The fourth-order valence-electron chi connectivity index (χ4n) is 5.43. The highest BCUT2D eigenvalue weighted by Crippen LogP contribution is 2.29. The van der Waals surface area contributed by atoms with Crippen molar-refractivity contribution in [2.45, 2.75) is 39.9 Å². The van der Waals surface area contributed by atoms with E-state index in [9.17, 15) is 24.5 Å². The maximum absolute atomic E-state index is 13.1. The molecule has 1 heterocycles. The molecule has 0 radical (unpaired) electrons. The molecule has 4 N–H and O–H groups in total. The van der Waals surface area contributed by atoms with E-state index in [1.807, 2.05) is 43.3 Å². The monoisotopic (exact) mass is 755 g/mol. The number of carbonyl (C=O) groups is 3. The number of fused-ring (bicyclic) bond motifs is 1. The molecular weight excluding hydrogens is 718 g/mol. The Morgan fingerprint density at radius 2 is 1.67 bits per heavy atom. The van der Waals surface area contributed by atoms with Gasteiger partial charge in [0, 0.05) is 12.5 Å². The number of aromatic nitrogens is 2. The van der Waals surface area contributed by atoms with E-state index in [0.29, 0.717) is 40.3 Å². The van der Waals surface area contributed by atoms with Gasteiger partial charge in [-0.1, -0.05) is 78.9 Å². The summed E-state index contributed by atoms with van der Waals surface area (Å²) in [6, 6.07) is 26.8. The summed E-state index contributed by atoms with van der Waals surface area (Å²) < 4.78 is 27.8. The molecule has 55 heavy (non-hydrogen) atoms. The number of para-hydroxylation sites is 1. The lowest BCUT2D eigenvalue weighted by atomic mass is 9.98. The van der Waals surface area contributed by atoms with E-state index in [1.165, 1.54) is 6.92 Å². The van der Waals surface area contributed by atoms with Gasteiger partial charge in [-0.2, -0.15) is 10.1 Å². The summed E-state index contributed by atoms with van der Waals surface area (Å²) in [6.45, 7) is 3.21. The summed E-state index contributed by atoms with van der Waals surface area (Å²) in [5.74, 6) is 5.31. The van der Waals surface area contributed by atoms with Gasteiger partial charge < -0.3 is 34.3 Å². The van der Waals surface area contributed by atoms with Crippen LogP contribution in [0.15, 0.2) is 96.1 Å². The first-order chi connectivity index (χ1) is 26.6. The highest BCUT2D eigenvalue weighted by molar-refractivity contribution is 6.03. The lowest BCUT2D eigenvalue weighted by Crippen LogP contribution is -2.33. The Kier molecular flexibility index (Phi) is 13.1. The van der Waals surface area contributed by atoms with Crippen LogP contribution in [0.4, 0.5) is 4.79 Å². The van der Waals surface area contributed by atoms with Gasteiger partial charge in [0.15, 0.2) is 12.6 Å². The molecule has 286 valence electrons. The third-order valence-electron chi connectivity index (χ3n) is 7.79. The second-order valence-corrected chi connectivity index (χ2v) is 11.6. The number of hydrazine groups is 1. The molecule has 1 unspecified atom stereocenters. The Labute approximate surface area is 313 Å². The third kappa shape index (κ3) is 10.4. The average Bonchev–Trinajstić information content (AvgIpc) is 3.52.